The quantitative estimate of drug-likeness (QED) is 0.894. The Morgan fingerprint density at radius 3 is 2.76 bits per heavy atom. The molecule has 0 radical (unpaired) electrons. The summed E-state index contributed by atoms with van der Waals surface area (Å²) in [6.45, 7) is 5.37. The van der Waals surface area contributed by atoms with E-state index in [1.807, 2.05) is 6.92 Å². The highest BCUT2D eigenvalue weighted by molar-refractivity contribution is 5.94. The molecule has 0 aliphatic carbocycles. The number of rotatable bonds is 5. The number of hydrogen-bond acceptors (Lipinski definition) is 4. The molecule has 2 heterocycles. The lowest BCUT2D eigenvalue weighted by molar-refractivity contribution is 0.0534. The van der Waals surface area contributed by atoms with Gasteiger partial charge in [-0.1, -0.05) is 0 Å². The summed E-state index contributed by atoms with van der Waals surface area (Å²) in [5, 5.41) is 8.99. The number of carboxylic acids is 1. The number of aryl methyl sites for hydroxylation is 1. The second-order valence-electron chi connectivity index (χ2n) is 5.11. The van der Waals surface area contributed by atoms with Crippen molar-refractivity contribution in [2.45, 2.75) is 32.8 Å². The Morgan fingerprint density at radius 1 is 1.48 bits per heavy atom. The van der Waals surface area contributed by atoms with E-state index in [9.17, 15) is 9.59 Å². The first-order valence-corrected chi connectivity index (χ1v) is 7.14. The molecule has 1 saturated heterocycles. The highest BCUT2D eigenvalue weighted by Gasteiger charge is 2.23. The number of amides is 1. The maximum absolute atomic E-state index is 12.5. The second-order valence-corrected chi connectivity index (χ2v) is 5.11. The van der Waals surface area contributed by atoms with E-state index in [4.69, 9.17) is 9.84 Å². The molecule has 21 heavy (non-hydrogen) atoms. The van der Waals surface area contributed by atoms with E-state index < -0.39 is 5.97 Å². The maximum atomic E-state index is 12.5. The molecule has 6 heteroatoms. The van der Waals surface area contributed by atoms with Gasteiger partial charge in [0.25, 0.3) is 5.91 Å². The zero-order valence-corrected chi connectivity index (χ0v) is 12.3. The topological polar surface area (TPSA) is 79.7 Å². The van der Waals surface area contributed by atoms with Crippen LogP contribution in [0.1, 0.15) is 46.3 Å². The molecule has 0 bridgehead atoms. The number of aromatic carboxylic acids is 1. The Hall–Kier alpha value is -1.95. The fraction of sp³-hybridized carbons (Fsp3) is 0.533. The van der Waals surface area contributed by atoms with Crippen LogP contribution in [0.5, 0.6) is 0 Å². The van der Waals surface area contributed by atoms with Crippen LogP contribution in [0.25, 0.3) is 0 Å². The van der Waals surface area contributed by atoms with Gasteiger partial charge in [0.1, 0.15) is 5.69 Å². The molecule has 1 aromatic rings. The number of carbonyl (C=O) groups is 2. The summed E-state index contributed by atoms with van der Waals surface area (Å²) in [5.74, 6) is -1.22. The van der Waals surface area contributed by atoms with E-state index in [0.29, 0.717) is 18.8 Å². The summed E-state index contributed by atoms with van der Waals surface area (Å²) in [6.07, 6.45) is 2.09. The molecule has 0 aromatic carbocycles. The Kier molecular flexibility index (Phi) is 4.90. The van der Waals surface area contributed by atoms with E-state index >= 15 is 0 Å². The number of likely N-dealkylation sites (N-methyl/N-ethyl adjacent to an activating group) is 1. The number of nitrogens with zero attached hydrogens (tertiary/aromatic N) is 2. The molecular weight excluding hydrogens is 272 g/mol. The maximum Gasteiger partial charge on any atom is 0.337 e. The summed E-state index contributed by atoms with van der Waals surface area (Å²) < 4.78 is 5.55. The fourth-order valence-electron chi connectivity index (χ4n) is 2.46. The third-order valence-corrected chi connectivity index (χ3v) is 3.65. The third-order valence-electron chi connectivity index (χ3n) is 3.65. The van der Waals surface area contributed by atoms with Crippen LogP contribution in [-0.2, 0) is 4.74 Å². The van der Waals surface area contributed by atoms with E-state index in [1.165, 1.54) is 12.1 Å². The van der Waals surface area contributed by atoms with Crippen molar-refractivity contribution in [2.75, 3.05) is 19.7 Å². The van der Waals surface area contributed by atoms with Crippen LogP contribution >= 0.6 is 0 Å². The van der Waals surface area contributed by atoms with Gasteiger partial charge in [-0.3, -0.25) is 4.79 Å². The van der Waals surface area contributed by atoms with Crippen LogP contribution in [-0.4, -0.2) is 52.7 Å². The predicted molar refractivity (Wildman–Crippen MR) is 76.5 cm³/mol. The van der Waals surface area contributed by atoms with Crippen LogP contribution < -0.4 is 0 Å². The minimum absolute atomic E-state index is 0.0910. The van der Waals surface area contributed by atoms with Gasteiger partial charge >= 0.3 is 5.97 Å². The highest BCUT2D eigenvalue weighted by atomic mass is 16.5. The highest BCUT2D eigenvalue weighted by Crippen LogP contribution is 2.15. The average Bonchev–Trinajstić information content (AvgIpc) is 2.96. The van der Waals surface area contributed by atoms with Crippen LogP contribution in [0.2, 0.25) is 0 Å². The molecule has 0 saturated carbocycles. The molecule has 1 fully saturated rings. The van der Waals surface area contributed by atoms with Gasteiger partial charge in [0.05, 0.1) is 17.4 Å². The molecule has 1 unspecified atom stereocenters. The number of carboxylic acid groups (broad SMARTS) is 1. The van der Waals surface area contributed by atoms with Crippen molar-refractivity contribution in [1.82, 2.24) is 9.88 Å². The van der Waals surface area contributed by atoms with E-state index in [0.717, 1.165) is 19.4 Å². The van der Waals surface area contributed by atoms with E-state index in [2.05, 4.69) is 4.98 Å². The average molecular weight is 292 g/mol. The van der Waals surface area contributed by atoms with E-state index in [1.54, 1.807) is 11.8 Å². The van der Waals surface area contributed by atoms with Crippen molar-refractivity contribution in [1.29, 1.82) is 0 Å². The zero-order chi connectivity index (χ0) is 15.4. The molecule has 1 aliphatic heterocycles. The number of hydrogen-bond donors (Lipinski definition) is 1. The minimum Gasteiger partial charge on any atom is -0.478 e. The lowest BCUT2D eigenvalue weighted by Crippen LogP contribution is -2.37. The predicted octanol–water partition coefficient (Wildman–Crippen LogP) is 1.73. The largest absolute Gasteiger partial charge is 0.478 e. The minimum atomic E-state index is -1.04. The standard InChI is InChI=1S/C15H20N2O4/c1-3-17(9-11-5-4-8-21-11)14(18)13-7-6-12(15(19)20)10(2)16-13/h6-7,11H,3-5,8-9H2,1-2H3,(H,19,20). The molecule has 2 rings (SSSR count). The molecule has 114 valence electrons. The summed E-state index contributed by atoms with van der Waals surface area (Å²) in [4.78, 5) is 29.2. The van der Waals surface area contributed by atoms with Gasteiger partial charge in [0.15, 0.2) is 0 Å². The molecule has 1 amide bonds. The van der Waals surface area contributed by atoms with Crippen molar-refractivity contribution < 1.29 is 19.4 Å². The summed E-state index contributed by atoms with van der Waals surface area (Å²) in [5.41, 5.74) is 0.743. The summed E-state index contributed by atoms with van der Waals surface area (Å²) in [7, 11) is 0. The van der Waals surface area contributed by atoms with Crippen LogP contribution in [0, 0.1) is 6.92 Å². The van der Waals surface area contributed by atoms with Gasteiger partial charge in [0, 0.05) is 19.7 Å². The van der Waals surface area contributed by atoms with Crippen molar-refractivity contribution in [3.05, 3.63) is 29.1 Å². The smallest absolute Gasteiger partial charge is 0.337 e. The van der Waals surface area contributed by atoms with Gasteiger partial charge in [-0.2, -0.15) is 0 Å². The number of ether oxygens (including phenoxy) is 1. The fourth-order valence-corrected chi connectivity index (χ4v) is 2.46. The zero-order valence-electron chi connectivity index (χ0n) is 12.3. The Morgan fingerprint density at radius 2 is 2.24 bits per heavy atom. The lowest BCUT2D eigenvalue weighted by atomic mass is 10.1. The first kappa shape index (κ1) is 15.4. The molecule has 6 nitrogen and oxygen atoms in total. The first-order chi connectivity index (χ1) is 10.0. The SMILES string of the molecule is CCN(CC1CCCO1)C(=O)c1ccc(C(=O)O)c(C)n1. The van der Waals surface area contributed by atoms with Gasteiger partial charge in [-0.05, 0) is 38.8 Å². The molecule has 1 N–H and O–H groups in total. The van der Waals surface area contributed by atoms with Gasteiger partial charge < -0.3 is 14.7 Å². The van der Waals surface area contributed by atoms with Gasteiger partial charge in [-0.25, -0.2) is 9.78 Å². The van der Waals surface area contributed by atoms with Crippen LogP contribution in [0.3, 0.4) is 0 Å². The molecular formula is C15H20N2O4. The van der Waals surface area contributed by atoms with Crippen molar-refractivity contribution in [2.24, 2.45) is 0 Å². The Labute approximate surface area is 123 Å². The number of pyridine rings is 1. The third kappa shape index (κ3) is 3.58. The summed E-state index contributed by atoms with van der Waals surface area (Å²) in [6, 6.07) is 2.90. The van der Waals surface area contributed by atoms with Crippen LogP contribution in [0.4, 0.5) is 0 Å². The molecule has 0 spiro atoms. The lowest BCUT2D eigenvalue weighted by Gasteiger charge is -2.23. The van der Waals surface area contributed by atoms with Crippen molar-refractivity contribution in [3.8, 4) is 0 Å². The van der Waals surface area contributed by atoms with Crippen LogP contribution in [0.15, 0.2) is 12.1 Å². The van der Waals surface area contributed by atoms with E-state index in [-0.39, 0.29) is 23.3 Å². The first-order valence-electron chi connectivity index (χ1n) is 7.14. The monoisotopic (exact) mass is 292 g/mol. The van der Waals surface area contributed by atoms with Gasteiger partial charge in [0.2, 0.25) is 0 Å². The molecule has 1 aliphatic rings. The Balaban J connectivity index is 2.13. The van der Waals surface area contributed by atoms with Crippen molar-refractivity contribution in [3.63, 3.8) is 0 Å². The molecule has 1 aromatic heterocycles. The molecule has 1 atom stereocenters. The second kappa shape index (κ2) is 6.67. The Bertz CT molecular complexity index is 538. The van der Waals surface area contributed by atoms with Gasteiger partial charge in [-0.15, -0.1) is 0 Å². The number of carbonyl (C=O) groups excluding carboxylic acids is 1. The summed E-state index contributed by atoms with van der Waals surface area (Å²) >= 11 is 0. The number of aromatic nitrogens is 1. The normalized spacial score (nSPS) is 17.7. The van der Waals surface area contributed by atoms with Crippen molar-refractivity contribution >= 4 is 11.9 Å².